The summed E-state index contributed by atoms with van der Waals surface area (Å²) in [5.74, 6) is -2.25. The van der Waals surface area contributed by atoms with E-state index in [9.17, 15) is 14.0 Å². The highest BCUT2D eigenvalue weighted by Crippen LogP contribution is 2.26. The first-order valence-corrected chi connectivity index (χ1v) is 6.58. The van der Waals surface area contributed by atoms with Crippen molar-refractivity contribution >= 4 is 17.6 Å². The van der Waals surface area contributed by atoms with Crippen LogP contribution in [0.5, 0.6) is 0 Å². The smallest absolute Gasteiger partial charge is 0.319 e. The molecule has 0 saturated heterocycles. The Morgan fingerprint density at radius 3 is 2.75 bits per heavy atom. The number of nitrogens with one attached hydrogen (secondary N) is 1. The van der Waals surface area contributed by atoms with E-state index in [1.807, 2.05) is 0 Å². The highest BCUT2D eigenvalue weighted by Gasteiger charge is 2.33. The van der Waals surface area contributed by atoms with Crippen LogP contribution in [-0.2, 0) is 20.7 Å². The molecule has 20 heavy (non-hydrogen) atoms. The number of benzene rings is 1. The zero-order valence-corrected chi connectivity index (χ0v) is 11.8. The number of anilines is 1. The Labute approximate surface area is 117 Å². The number of fused-ring (bicyclic) bond motifs is 1. The molecule has 0 spiro atoms. The second-order valence-corrected chi connectivity index (χ2v) is 5.92. The van der Waals surface area contributed by atoms with Crippen molar-refractivity contribution in [1.29, 1.82) is 0 Å². The topological polar surface area (TPSA) is 55.4 Å². The molecule has 0 aromatic heterocycles. The molecule has 0 bridgehead atoms. The average Bonchev–Trinajstić information content (AvgIpc) is 2.44. The molecule has 1 N–H and O–H groups in total. The normalized spacial score (nSPS) is 18.8. The molecule has 1 unspecified atom stereocenters. The number of amides is 1. The minimum atomic E-state index is -0.857. The lowest BCUT2D eigenvalue weighted by atomic mass is 10.0. The van der Waals surface area contributed by atoms with Crippen LogP contribution in [0, 0.1) is 11.7 Å². The van der Waals surface area contributed by atoms with Gasteiger partial charge in [0.2, 0.25) is 5.91 Å². The van der Waals surface area contributed by atoms with Gasteiger partial charge in [-0.3, -0.25) is 9.59 Å². The van der Waals surface area contributed by atoms with E-state index in [4.69, 9.17) is 4.74 Å². The summed E-state index contributed by atoms with van der Waals surface area (Å²) in [6.45, 7) is 5.26. The molecule has 1 aromatic carbocycles. The molecule has 1 aliphatic rings. The van der Waals surface area contributed by atoms with E-state index in [0.29, 0.717) is 18.5 Å². The van der Waals surface area contributed by atoms with Crippen LogP contribution in [-0.4, -0.2) is 17.5 Å². The van der Waals surface area contributed by atoms with E-state index in [2.05, 4.69) is 5.32 Å². The number of carbonyl (C=O) groups excluding carboxylic acids is 2. The van der Waals surface area contributed by atoms with Crippen LogP contribution in [0.25, 0.3) is 0 Å². The van der Waals surface area contributed by atoms with Crippen molar-refractivity contribution in [3.05, 3.63) is 29.6 Å². The monoisotopic (exact) mass is 279 g/mol. The van der Waals surface area contributed by atoms with Gasteiger partial charge in [0.05, 0.1) is 0 Å². The molecule has 1 atom stereocenters. The van der Waals surface area contributed by atoms with Gasteiger partial charge >= 0.3 is 5.97 Å². The van der Waals surface area contributed by atoms with E-state index < -0.39 is 29.2 Å². The molecule has 0 radical (unpaired) electrons. The van der Waals surface area contributed by atoms with E-state index in [1.54, 1.807) is 26.8 Å². The highest BCUT2D eigenvalue weighted by molar-refractivity contribution is 6.05. The quantitative estimate of drug-likeness (QED) is 0.635. The summed E-state index contributed by atoms with van der Waals surface area (Å²) in [5, 5.41) is 2.60. The van der Waals surface area contributed by atoms with Gasteiger partial charge in [-0.25, -0.2) is 4.39 Å². The van der Waals surface area contributed by atoms with Crippen molar-refractivity contribution in [2.45, 2.75) is 39.2 Å². The lowest BCUT2D eigenvalue weighted by Gasteiger charge is -2.22. The fraction of sp³-hybridized carbons (Fsp3) is 0.467. The second kappa shape index (κ2) is 5.23. The molecule has 2 rings (SSSR count). The number of aryl methyl sites for hydroxylation is 1. The van der Waals surface area contributed by atoms with Gasteiger partial charge in [0, 0.05) is 5.69 Å². The van der Waals surface area contributed by atoms with Gasteiger partial charge in [-0.1, -0.05) is 6.07 Å². The molecule has 1 amide bonds. The van der Waals surface area contributed by atoms with E-state index in [1.165, 1.54) is 12.1 Å². The summed E-state index contributed by atoms with van der Waals surface area (Å²) >= 11 is 0. The average molecular weight is 279 g/mol. The van der Waals surface area contributed by atoms with Gasteiger partial charge in [-0.05, 0) is 51.3 Å². The molecule has 1 heterocycles. The summed E-state index contributed by atoms with van der Waals surface area (Å²) in [6, 6.07) is 4.24. The maximum atomic E-state index is 13.2. The molecular formula is C15H18FNO3. The number of halogens is 1. The molecular weight excluding hydrogens is 261 g/mol. The first-order valence-electron chi connectivity index (χ1n) is 6.58. The van der Waals surface area contributed by atoms with Crippen molar-refractivity contribution < 1.29 is 18.7 Å². The number of ether oxygens (including phenoxy) is 1. The zero-order valence-electron chi connectivity index (χ0n) is 11.8. The summed E-state index contributed by atoms with van der Waals surface area (Å²) in [4.78, 5) is 24.1. The van der Waals surface area contributed by atoms with Gasteiger partial charge < -0.3 is 10.1 Å². The number of hydrogen-bond acceptors (Lipinski definition) is 3. The van der Waals surface area contributed by atoms with Crippen LogP contribution in [0.2, 0.25) is 0 Å². The van der Waals surface area contributed by atoms with E-state index >= 15 is 0 Å². The molecule has 0 saturated carbocycles. The third-order valence-electron chi connectivity index (χ3n) is 3.04. The fourth-order valence-corrected chi connectivity index (χ4v) is 2.13. The first-order chi connectivity index (χ1) is 9.26. The van der Waals surface area contributed by atoms with Crippen LogP contribution in [0.3, 0.4) is 0 Å². The number of rotatable bonds is 1. The molecule has 4 nitrogen and oxygen atoms in total. The summed E-state index contributed by atoms with van der Waals surface area (Å²) in [7, 11) is 0. The Kier molecular flexibility index (Phi) is 3.79. The van der Waals surface area contributed by atoms with Gasteiger partial charge in [-0.2, -0.15) is 0 Å². The minimum absolute atomic E-state index is 0.360. The fourth-order valence-electron chi connectivity index (χ4n) is 2.13. The predicted molar refractivity (Wildman–Crippen MR) is 72.7 cm³/mol. The van der Waals surface area contributed by atoms with Crippen LogP contribution >= 0.6 is 0 Å². The summed E-state index contributed by atoms with van der Waals surface area (Å²) in [6.07, 6.45) is 0.887. The Balaban J connectivity index is 2.18. The second-order valence-electron chi connectivity index (χ2n) is 5.92. The molecule has 108 valence electrons. The standard InChI is InChI=1S/C15H18FNO3/c1-15(2,3)20-14(19)11-7-5-9-4-6-10(16)8-12(9)17-13(11)18/h4,6,8,11H,5,7H2,1-3H3,(H,17,18). The van der Waals surface area contributed by atoms with Gasteiger partial charge in [-0.15, -0.1) is 0 Å². The van der Waals surface area contributed by atoms with Crippen LogP contribution in [0.4, 0.5) is 10.1 Å². The van der Waals surface area contributed by atoms with Crippen LogP contribution in [0.15, 0.2) is 18.2 Å². The number of hydrogen-bond donors (Lipinski definition) is 1. The zero-order chi connectivity index (χ0) is 14.9. The summed E-state index contributed by atoms with van der Waals surface area (Å²) < 4.78 is 18.4. The van der Waals surface area contributed by atoms with Gasteiger partial charge in [0.15, 0.2) is 0 Å². The Morgan fingerprint density at radius 2 is 2.10 bits per heavy atom. The first kappa shape index (κ1) is 14.5. The Bertz CT molecular complexity index is 549. The Hall–Kier alpha value is -1.91. The minimum Gasteiger partial charge on any atom is -0.459 e. The van der Waals surface area contributed by atoms with Gasteiger partial charge in [0.25, 0.3) is 0 Å². The molecule has 1 aromatic rings. The van der Waals surface area contributed by atoms with Crippen molar-refractivity contribution in [2.24, 2.45) is 5.92 Å². The van der Waals surface area contributed by atoms with Crippen molar-refractivity contribution in [3.8, 4) is 0 Å². The van der Waals surface area contributed by atoms with Crippen molar-refractivity contribution in [3.63, 3.8) is 0 Å². The predicted octanol–water partition coefficient (Wildman–Crippen LogP) is 2.67. The van der Waals surface area contributed by atoms with Gasteiger partial charge in [0.1, 0.15) is 17.3 Å². The third kappa shape index (κ3) is 3.35. The third-order valence-corrected chi connectivity index (χ3v) is 3.04. The Morgan fingerprint density at radius 1 is 1.40 bits per heavy atom. The molecule has 1 aliphatic heterocycles. The van der Waals surface area contributed by atoms with Crippen molar-refractivity contribution in [2.75, 3.05) is 5.32 Å². The SMILES string of the molecule is CC(C)(C)OC(=O)C1CCc2ccc(F)cc2NC1=O. The van der Waals surface area contributed by atoms with Crippen LogP contribution in [0.1, 0.15) is 32.8 Å². The molecule has 0 fully saturated rings. The molecule has 5 heteroatoms. The lowest BCUT2D eigenvalue weighted by Crippen LogP contribution is -2.35. The lowest BCUT2D eigenvalue weighted by molar-refractivity contribution is -0.161. The summed E-state index contributed by atoms with van der Waals surface area (Å²) in [5.41, 5.74) is 0.620. The van der Waals surface area contributed by atoms with Crippen molar-refractivity contribution in [1.82, 2.24) is 0 Å². The number of esters is 1. The maximum Gasteiger partial charge on any atom is 0.319 e. The largest absolute Gasteiger partial charge is 0.459 e. The van der Waals surface area contributed by atoms with E-state index in [0.717, 1.165) is 5.56 Å². The number of carbonyl (C=O) groups is 2. The molecule has 0 aliphatic carbocycles. The van der Waals surface area contributed by atoms with E-state index in [-0.39, 0.29) is 0 Å². The van der Waals surface area contributed by atoms with Crippen LogP contribution < -0.4 is 5.32 Å². The maximum absolute atomic E-state index is 13.2. The highest BCUT2D eigenvalue weighted by atomic mass is 19.1.